The monoisotopic (exact) mass is 289 g/mol. The fraction of sp³-hybridized carbons (Fsp3) is 0.375. The first-order chi connectivity index (χ1) is 9.97. The molecule has 0 aromatic heterocycles. The van der Waals surface area contributed by atoms with Crippen LogP contribution >= 0.6 is 0 Å². The molecule has 0 atom stereocenters. The van der Waals surface area contributed by atoms with E-state index in [1.165, 1.54) is 14.2 Å². The minimum absolute atomic E-state index is 0.122. The lowest BCUT2D eigenvalue weighted by Gasteiger charge is -2.18. The highest BCUT2D eigenvalue weighted by molar-refractivity contribution is 6.28. The van der Waals surface area contributed by atoms with E-state index in [1.54, 1.807) is 18.2 Å². The Labute approximate surface area is 124 Å². The Bertz CT molecular complexity index is 604. The van der Waals surface area contributed by atoms with Gasteiger partial charge in [-0.1, -0.05) is 19.9 Å². The maximum Gasteiger partial charge on any atom is 0.261 e. The second-order valence-electron chi connectivity index (χ2n) is 5.18. The van der Waals surface area contributed by atoms with Crippen LogP contribution in [0, 0.1) is 5.92 Å². The van der Waals surface area contributed by atoms with Gasteiger partial charge in [-0.2, -0.15) is 0 Å². The summed E-state index contributed by atoms with van der Waals surface area (Å²) in [4.78, 5) is 25.8. The van der Waals surface area contributed by atoms with Crippen molar-refractivity contribution in [2.24, 2.45) is 5.92 Å². The average Bonchev–Trinajstić information content (AvgIpc) is 2.72. The van der Waals surface area contributed by atoms with Crippen molar-refractivity contribution in [1.29, 1.82) is 0 Å². The molecule has 0 aliphatic carbocycles. The highest BCUT2D eigenvalue weighted by Gasteiger charge is 2.36. The molecule has 21 heavy (non-hydrogen) atoms. The number of allylic oxidation sites excluding steroid dienone is 1. The Morgan fingerprint density at radius 3 is 2.48 bits per heavy atom. The van der Waals surface area contributed by atoms with Crippen LogP contribution in [-0.4, -0.2) is 26.0 Å². The minimum atomic E-state index is -0.291. The van der Waals surface area contributed by atoms with Crippen LogP contribution in [0.25, 0.3) is 0 Å². The maximum absolute atomic E-state index is 12.5. The zero-order valence-electron chi connectivity index (χ0n) is 12.7. The van der Waals surface area contributed by atoms with Gasteiger partial charge in [-0.15, -0.1) is 0 Å². The van der Waals surface area contributed by atoms with Crippen molar-refractivity contribution >= 4 is 17.5 Å². The number of methoxy groups -OCH3 is 2. The highest BCUT2D eigenvalue weighted by atomic mass is 16.5. The summed E-state index contributed by atoms with van der Waals surface area (Å²) in [7, 11) is 3.03. The average molecular weight is 289 g/mol. The van der Waals surface area contributed by atoms with Crippen molar-refractivity contribution in [3.8, 4) is 11.5 Å². The Morgan fingerprint density at radius 1 is 1.19 bits per heavy atom. The van der Waals surface area contributed by atoms with Gasteiger partial charge in [-0.05, 0) is 18.1 Å². The molecule has 1 aromatic rings. The van der Waals surface area contributed by atoms with E-state index in [4.69, 9.17) is 9.47 Å². The van der Waals surface area contributed by atoms with Crippen LogP contribution in [0.2, 0.25) is 0 Å². The Morgan fingerprint density at radius 2 is 1.90 bits per heavy atom. The molecule has 1 saturated heterocycles. The van der Waals surface area contributed by atoms with Crippen LogP contribution in [0.4, 0.5) is 5.69 Å². The molecule has 1 heterocycles. The number of hydrogen-bond acceptors (Lipinski definition) is 4. The topological polar surface area (TPSA) is 55.8 Å². The number of hydrogen-bond donors (Lipinski definition) is 0. The standard InChI is InChI=1S/C16H19NO4/c1-10(2)7-11-8-15(18)17(16(11)19)13-9-12(20-3)5-6-14(13)21-4/h5-7,9-10H,8H2,1-4H3. The third-order valence-electron chi connectivity index (χ3n) is 3.23. The SMILES string of the molecule is COc1ccc(OC)c(N2C(=O)CC(=CC(C)C)C2=O)c1. The van der Waals surface area contributed by atoms with Gasteiger partial charge in [0.05, 0.1) is 26.3 Å². The number of nitrogens with zero attached hydrogens (tertiary/aromatic N) is 1. The van der Waals surface area contributed by atoms with E-state index in [1.807, 2.05) is 19.9 Å². The van der Waals surface area contributed by atoms with Crippen LogP contribution < -0.4 is 14.4 Å². The van der Waals surface area contributed by atoms with E-state index in [-0.39, 0.29) is 24.2 Å². The molecule has 0 spiro atoms. The summed E-state index contributed by atoms with van der Waals surface area (Å²) in [6.45, 7) is 3.94. The molecule has 1 aromatic carbocycles. The molecular formula is C16H19NO4. The van der Waals surface area contributed by atoms with Gasteiger partial charge in [-0.25, -0.2) is 4.90 Å². The Hall–Kier alpha value is -2.30. The summed E-state index contributed by atoms with van der Waals surface area (Å²) in [5, 5.41) is 0. The quantitative estimate of drug-likeness (QED) is 0.631. The van der Waals surface area contributed by atoms with Gasteiger partial charge in [0.15, 0.2) is 0 Å². The first kappa shape index (κ1) is 15.1. The van der Waals surface area contributed by atoms with E-state index in [0.29, 0.717) is 22.8 Å². The number of imide groups is 1. The molecule has 112 valence electrons. The maximum atomic E-state index is 12.5. The summed E-state index contributed by atoms with van der Waals surface area (Å²) in [6, 6.07) is 5.03. The van der Waals surface area contributed by atoms with Gasteiger partial charge >= 0.3 is 0 Å². The van der Waals surface area contributed by atoms with E-state index in [9.17, 15) is 9.59 Å². The van der Waals surface area contributed by atoms with Crippen LogP contribution in [0.15, 0.2) is 29.8 Å². The largest absolute Gasteiger partial charge is 0.497 e. The zero-order valence-corrected chi connectivity index (χ0v) is 12.7. The third kappa shape index (κ3) is 2.91. The van der Waals surface area contributed by atoms with Crippen LogP contribution in [0.5, 0.6) is 11.5 Å². The van der Waals surface area contributed by atoms with Gasteiger partial charge in [0, 0.05) is 11.6 Å². The molecule has 0 bridgehead atoms. The third-order valence-corrected chi connectivity index (χ3v) is 3.23. The van der Waals surface area contributed by atoms with Gasteiger partial charge in [-0.3, -0.25) is 9.59 Å². The predicted octanol–water partition coefficient (Wildman–Crippen LogP) is 2.55. The fourth-order valence-electron chi connectivity index (χ4n) is 2.32. The molecule has 1 aliphatic rings. The summed E-state index contributed by atoms with van der Waals surface area (Å²) < 4.78 is 10.4. The van der Waals surface area contributed by atoms with Crippen molar-refractivity contribution in [3.63, 3.8) is 0 Å². The van der Waals surface area contributed by atoms with Crippen molar-refractivity contribution in [1.82, 2.24) is 0 Å². The predicted molar refractivity (Wildman–Crippen MR) is 79.6 cm³/mol. The Balaban J connectivity index is 2.46. The van der Waals surface area contributed by atoms with Crippen molar-refractivity contribution in [2.45, 2.75) is 20.3 Å². The van der Waals surface area contributed by atoms with Crippen LogP contribution in [0.1, 0.15) is 20.3 Å². The first-order valence-corrected chi connectivity index (χ1v) is 6.78. The highest BCUT2D eigenvalue weighted by Crippen LogP contribution is 2.36. The zero-order chi connectivity index (χ0) is 15.6. The molecule has 1 fully saturated rings. The molecule has 0 saturated carbocycles. The molecule has 5 nitrogen and oxygen atoms in total. The van der Waals surface area contributed by atoms with Gasteiger partial charge < -0.3 is 9.47 Å². The normalized spacial score (nSPS) is 17.0. The fourth-order valence-corrected chi connectivity index (χ4v) is 2.32. The summed E-state index contributed by atoms with van der Waals surface area (Å²) >= 11 is 0. The molecule has 1 aliphatic heterocycles. The number of ether oxygens (including phenoxy) is 2. The molecular weight excluding hydrogens is 270 g/mol. The first-order valence-electron chi connectivity index (χ1n) is 6.78. The van der Waals surface area contributed by atoms with E-state index >= 15 is 0 Å². The second kappa shape index (κ2) is 5.99. The van der Waals surface area contributed by atoms with Gasteiger partial charge in [0.25, 0.3) is 5.91 Å². The van der Waals surface area contributed by atoms with Crippen LogP contribution in [0.3, 0.4) is 0 Å². The molecule has 2 amide bonds. The summed E-state index contributed by atoms with van der Waals surface area (Å²) in [5.74, 6) is 0.693. The lowest BCUT2D eigenvalue weighted by atomic mass is 10.1. The Kier molecular flexibility index (Phi) is 4.31. The van der Waals surface area contributed by atoms with Gasteiger partial charge in [0.2, 0.25) is 5.91 Å². The molecule has 0 N–H and O–H groups in total. The summed E-state index contributed by atoms with van der Waals surface area (Å²) in [6.07, 6.45) is 1.95. The number of benzene rings is 1. The lowest BCUT2D eigenvalue weighted by molar-refractivity contribution is -0.120. The van der Waals surface area contributed by atoms with Crippen molar-refractivity contribution in [2.75, 3.05) is 19.1 Å². The molecule has 0 radical (unpaired) electrons. The van der Waals surface area contributed by atoms with Crippen molar-refractivity contribution < 1.29 is 19.1 Å². The number of amides is 2. The molecule has 0 unspecified atom stereocenters. The van der Waals surface area contributed by atoms with E-state index in [0.717, 1.165) is 4.90 Å². The molecule has 2 rings (SSSR count). The lowest BCUT2D eigenvalue weighted by Crippen LogP contribution is -2.29. The number of rotatable bonds is 4. The number of anilines is 1. The van der Waals surface area contributed by atoms with E-state index < -0.39 is 0 Å². The van der Waals surface area contributed by atoms with Crippen molar-refractivity contribution in [3.05, 3.63) is 29.8 Å². The minimum Gasteiger partial charge on any atom is -0.497 e. The van der Waals surface area contributed by atoms with Crippen LogP contribution in [-0.2, 0) is 9.59 Å². The summed E-state index contributed by atoms with van der Waals surface area (Å²) in [5.41, 5.74) is 0.943. The number of carbonyl (C=O) groups is 2. The van der Waals surface area contributed by atoms with Gasteiger partial charge in [0.1, 0.15) is 11.5 Å². The smallest absolute Gasteiger partial charge is 0.261 e. The number of carbonyl (C=O) groups excluding carboxylic acids is 2. The van der Waals surface area contributed by atoms with E-state index in [2.05, 4.69) is 0 Å². The second-order valence-corrected chi connectivity index (χ2v) is 5.18. The molecule has 5 heteroatoms.